The molecular weight excluding hydrogens is 508 g/mol. The van der Waals surface area contributed by atoms with E-state index in [0.717, 1.165) is 11.6 Å². The van der Waals surface area contributed by atoms with Gasteiger partial charge in [-0.15, -0.1) is 0 Å². The second-order valence-electron chi connectivity index (χ2n) is 10.3. The van der Waals surface area contributed by atoms with Gasteiger partial charge in [0.05, 0.1) is 5.54 Å². The number of benzene rings is 2. The third kappa shape index (κ3) is 4.80. The van der Waals surface area contributed by atoms with Crippen LogP contribution in [-0.4, -0.2) is 45.6 Å². The quantitative estimate of drug-likeness (QED) is 0.460. The van der Waals surface area contributed by atoms with E-state index in [4.69, 9.17) is 4.74 Å². The summed E-state index contributed by atoms with van der Waals surface area (Å²) in [5.74, 6) is -3.20. The number of ether oxygens (including phenoxy) is 1. The number of nitrogens with one attached hydrogen (secondary N) is 1. The van der Waals surface area contributed by atoms with Gasteiger partial charge in [-0.1, -0.05) is 36.4 Å². The molecule has 10 heteroatoms. The Morgan fingerprint density at radius 1 is 1.18 bits per heavy atom. The maximum atomic E-state index is 14.1. The Morgan fingerprint density at radius 2 is 1.92 bits per heavy atom. The zero-order valence-electron chi connectivity index (χ0n) is 21.6. The maximum absolute atomic E-state index is 14.1. The molecule has 0 saturated heterocycles. The molecule has 2 atom stereocenters. The van der Waals surface area contributed by atoms with Gasteiger partial charge in [-0.2, -0.15) is 0 Å². The summed E-state index contributed by atoms with van der Waals surface area (Å²) in [5.41, 5.74) is -0.907. The Labute approximate surface area is 223 Å². The van der Waals surface area contributed by atoms with Crippen molar-refractivity contribution in [1.29, 1.82) is 0 Å². The summed E-state index contributed by atoms with van der Waals surface area (Å²) in [6, 6.07) is 11.9. The lowest BCUT2D eigenvalue weighted by atomic mass is 10.0. The van der Waals surface area contributed by atoms with E-state index in [9.17, 15) is 28.3 Å². The maximum Gasteiger partial charge on any atom is 0.274 e. The van der Waals surface area contributed by atoms with E-state index >= 15 is 0 Å². The topological polar surface area (TPSA) is 101 Å². The highest BCUT2D eigenvalue weighted by atomic mass is 19.1. The summed E-state index contributed by atoms with van der Waals surface area (Å²) in [5, 5.41) is 12.5. The predicted molar refractivity (Wildman–Crippen MR) is 138 cm³/mol. The molecule has 0 radical (unpaired) electrons. The molecule has 39 heavy (non-hydrogen) atoms. The predicted octanol–water partition coefficient (Wildman–Crippen LogP) is 3.21. The minimum absolute atomic E-state index is 0.0136. The van der Waals surface area contributed by atoms with E-state index in [1.807, 2.05) is 44.2 Å². The smallest absolute Gasteiger partial charge is 0.274 e. The number of hydrogen-bond donors (Lipinski definition) is 2. The van der Waals surface area contributed by atoms with Crippen LogP contribution in [0.1, 0.15) is 52.2 Å². The van der Waals surface area contributed by atoms with Crippen LogP contribution in [0.4, 0.5) is 8.78 Å². The van der Waals surface area contributed by atoms with E-state index in [1.165, 1.54) is 12.3 Å². The van der Waals surface area contributed by atoms with Gasteiger partial charge in [0.15, 0.2) is 11.4 Å². The van der Waals surface area contributed by atoms with Crippen LogP contribution in [0.15, 0.2) is 59.5 Å². The van der Waals surface area contributed by atoms with Gasteiger partial charge in [0.25, 0.3) is 11.8 Å². The number of carbonyl (C=O) groups is 2. The average molecular weight is 538 g/mol. The Morgan fingerprint density at radius 3 is 2.56 bits per heavy atom. The Kier molecular flexibility index (Phi) is 6.98. The number of aliphatic hydroxyl groups is 1. The van der Waals surface area contributed by atoms with Crippen LogP contribution < -0.4 is 15.5 Å². The molecule has 0 unspecified atom stereocenters. The van der Waals surface area contributed by atoms with Crippen molar-refractivity contribution in [3.63, 3.8) is 0 Å². The lowest BCUT2D eigenvalue weighted by molar-refractivity contribution is 0.0548. The minimum atomic E-state index is -0.827. The number of nitrogens with zero attached hydrogens (tertiary/aromatic N) is 2. The van der Waals surface area contributed by atoms with Crippen LogP contribution >= 0.6 is 0 Å². The van der Waals surface area contributed by atoms with E-state index in [1.54, 1.807) is 9.47 Å². The van der Waals surface area contributed by atoms with Crippen molar-refractivity contribution in [1.82, 2.24) is 14.8 Å². The monoisotopic (exact) mass is 537 g/mol. The summed E-state index contributed by atoms with van der Waals surface area (Å²) in [6.45, 7) is 3.63. The van der Waals surface area contributed by atoms with Crippen molar-refractivity contribution >= 4 is 11.8 Å². The Hall–Kier alpha value is -4.05. The van der Waals surface area contributed by atoms with Crippen LogP contribution in [-0.2, 0) is 18.7 Å². The lowest BCUT2D eigenvalue weighted by Crippen LogP contribution is -2.52. The first-order valence-electron chi connectivity index (χ1n) is 12.8. The van der Waals surface area contributed by atoms with Crippen LogP contribution in [0, 0.1) is 17.6 Å². The lowest BCUT2D eigenvalue weighted by Gasteiger charge is -2.40. The van der Waals surface area contributed by atoms with Gasteiger partial charge in [-0.25, -0.2) is 8.78 Å². The van der Waals surface area contributed by atoms with Crippen LogP contribution in [0.5, 0.6) is 5.75 Å². The first-order valence-corrected chi connectivity index (χ1v) is 12.8. The molecule has 1 spiro atoms. The summed E-state index contributed by atoms with van der Waals surface area (Å²) in [6.07, 6.45) is 1.89. The molecule has 2 heterocycles. The molecule has 8 nitrogen and oxygen atoms in total. The molecule has 1 aliphatic heterocycles. The van der Waals surface area contributed by atoms with Gasteiger partial charge in [0, 0.05) is 49.5 Å². The molecule has 2 aromatic carbocycles. The van der Waals surface area contributed by atoms with E-state index < -0.39 is 34.4 Å². The SMILES string of the molecule is CC(C)N1C[C@@]2(C[C@H]2CO)n2cc(C(=O)NCc3ccc(F)cc3F)c(=O)c(OCc3ccccc3)c2C1=O. The van der Waals surface area contributed by atoms with Gasteiger partial charge < -0.3 is 24.6 Å². The molecule has 3 aromatic rings. The van der Waals surface area contributed by atoms with Crippen molar-refractivity contribution in [3.05, 3.63) is 99.0 Å². The van der Waals surface area contributed by atoms with Crippen molar-refractivity contribution in [2.45, 2.75) is 45.0 Å². The highest BCUT2D eigenvalue weighted by Crippen LogP contribution is 2.54. The molecule has 2 N–H and O–H groups in total. The first kappa shape index (κ1) is 26.6. The number of hydrogen-bond acceptors (Lipinski definition) is 5. The van der Waals surface area contributed by atoms with Gasteiger partial charge in [-0.3, -0.25) is 14.4 Å². The molecule has 0 bridgehead atoms. The second kappa shape index (κ2) is 10.3. The number of rotatable bonds is 8. The molecular formula is C29H29F2N3O5. The number of carbonyl (C=O) groups excluding carboxylic acids is 2. The fourth-order valence-corrected chi connectivity index (χ4v) is 5.19. The molecule has 1 fully saturated rings. The van der Waals surface area contributed by atoms with Crippen LogP contribution in [0.2, 0.25) is 0 Å². The molecule has 2 amide bonds. The average Bonchev–Trinajstić information content (AvgIpc) is 3.63. The summed E-state index contributed by atoms with van der Waals surface area (Å²) in [4.78, 5) is 42.2. The molecule has 1 saturated carbocycles. The fraction of sp³-hybridized carbons (Fsp3) is 0.345. The summed E-state index contributed by atoms with van der Waals surface area (Å²) >= 11 is 0. The van der Waals surface area contributed by atoms with Crippen molar-refractivity contribution in [3.8, 4) is 5.75 Å². The normalized spacial score (nSPS) is 19.8. The highest BCUT2D eigenvalue weighted by Gasteiger charge is 2.60. The largest absolute Gasteiger partial charge is 0.483 e. The molecule has 2 aliphatic rings. The zero-order valence-corrected chi connectivity index (χ0v) is 21.6. The Bertz CT molecular complexity index is 1490. The fourth-order valence-electron chi connectivity index (χ4n) is 5.19. The number of halogens is 2. The number of amides is 2. The third-order valence-electron chi connectivity index (χ3n) is 7.52. The number of aromatic nitrogens is 1. The van der Waals surface area contributed by atoms with Gasteiger partial charge >= 0.3 is 0 Å². The van der Waals surface area contributed by atoms with E-state index in [2.05, 4.69) is 5.32 Å². The zero-order chi connectivity index (χ0) is 27.9. The van der Waals surface area contributed by atoms with Gasteiger partial charge in [0.1, 0.15) is 23.8 Å². The minimum Gasteiger partial charge on any atom is -0.483 e. The van der Waals surface area contributed by atoms with Gasteiger partial charge in [-0.05, 0) is 31.9 Å². The number of fused-ring (bicyclic) bond motifs is 2. The number of aliphatic hydroxyl groups excluding tert-OH is 1. The van der Waals surface area contributed by atoms with Crippen LogP contribution in [0.25, 0.3) is 0 Å². The van der Waals surface area contributed by atoms with Gasteiger partial charge in [0.2, 0.25) is 5.43 Å². The highest BCUT2D eigenvalue weighted by molar-refractivity contribution is 5.99. The third-order valence-corrected chi connectivity index (χ3v) is 7.52. The van der Waals surface area contributed by atoms with Crippen molar-refractivity contribution in [2.24, 2.45) is 5.92 Å². The molecule has 1 aliphatic carbocycles. The second-order valence-corrected chi connectivity index (χ2v) is 10.3. The molecule has 1 aromatic heterocycles. The number of pyridine rings is 1. The summed E-state index contributed by atoms with van der Waals surface area (Å²) < 4.78 is 35.0. The van der Waals surface area contributed by atoms with E-state index in [-0.39, 0.29) is 54.3 Å². The van der Waals surface area contributed by atoms with Crippen molar-refractivity contribution in [2.75, 3.05) is 13.2 Å². The standard InChI is InChI=1S/C29H29F2N3O5/c1-17(2)33-16-29(11-20(29)14-35)34-13-22(27(37)32-12-19-8-9-21(30)10-23(19)31)25(36)26(24(34)28(33)38)39-15-18-6-4-3-5-7-18/h3-10,13,17,20,35H,11-12,14-16H2,1-2H3,(H,32,37)/t20-,29+/m0/s1. The Balaban J connectivity index is 1.58. The first-order chi connectivity index (χ1) is 18.7. The van der Waals surface area contributed by atoms with Crippen molar-refractivity contribution < 1.29 is 28.2 Å². The van der Waals surface area contributed by atoms with Crippen LogP contribution in [0.3, 0.4) is 0 Å². The van der Waals surface area contributed by atoms with E-state index in [0.29, 0.717) is 19.0 Å². The summed E-state index contributed by atoms with van der Waals surface area (Å²) in [7, 11) is 0. The molecule has 5 rings (SSSR count). The molecule has 204 valence electrons.